The van der Waals surface area contributed by atoms with Gasteiger partial charge in [0.2, 0.25) is 0 Å². The predicted octanol–water partition coefficient (Wildman–Crippen LogP) is 3.51. The van der Waals surface area contributed by atoms with E-state index in [9.17, 15) is 5.11 Å². The minimum Gasteiger partial charge on any atom is -0.390 e. The number of rotatable bonds is 0. The topological polar surface area (TPSA) is 20.2 Å². The van der Waals surface area contributed by atoms with Gasteiger partial charge in [-0.15, -0.1) is 0 Å². The zero-order valence-corrected chi connectivity index (χ0v) is 9.90. The van der Waals surface area contributed by atoms with E-state index in [0.29, 0.717) is 5.41 Å². The van der Waals surface area contributed by atoms with E-state index in [4.69, 9.17) is 0 Å². The third-order valence-electron chi connectivity index (χ3n) is 5.25. The standard InChI is InChI=1S/C13H24O/c1-11(2)7-6-10-13(11)9-5-4-8-12(13,3)14/h14H,4-10H2,1-3H3/t12-,13+/m0/s1. The van der Waals surface area contributed by atoms with Gasteiger partial charge in [0.05, 0.1) is 5.60 Å². The lowest BCUT2D eigenvalue weighted by Gasteiger charge is -2.54. The molecule has 0 aromatic rings. The Bertz CT molecular complexity index is 229. The Labute approximate surface area is 87.9 Å². The van der Waals surface area contributed by atoms with Gasteiger partial charge in [0, 0.05) is 5.41 Å². The number of hydrogen-bond donors (Lipinski definition) is 1. The highest BCUT2D eigenvalue weighted by atomic mass is 16.3. The van der Waals surface area contributed by atoms with Crippen LogP contribution in [0, 0.1) is 10.8 Å². The van der Waals surface area contributed by atoms with E-state index in [0.717, 1.165) is 6.42 Å². The largest absolute Gasteiger partial charge is 0.390 e. The lowest BCUT2D eigenvalue weighted by Crippen LogP contribution is -2.53. The van der Waals surface area contributed by atoms with Crippen LogP contribution in [0.1, 0.15) is 65.7 Å². The average Bonchev–Trinajstić information content (AvgIpc) is 2.35. The second kappa shape index (κ2) is 2.98. The molecule has 14 heavy (non-hydrogen) atoms. The Morgan fingerprint density at radius 2 is 1.36 bits per heavy atom. The van der Waals surface area contributed by atoms with Gasteiger partial charge in [0.1, 0.15) is 0 Å². The van der Waals surface area contributed by atoms with Crippen molar-refractivity contribution in [3.8, 4) is 0 Å². The Hall–Kier alpha value is -0.0400. The number of aliphatic hydroxyl groups is 1. The van der Waals surface area contributed by atoms with Gasteiger partial charge in [-0.2, -0.15) is 0 Å². The fourth-order valence-corrected chi connectivity index (χ4v) is 4.28. The van der Waals surface area contributed by atoms with Crippen LogP contribution in [-0.2, 0) is 0 Å². The zero-order valence-electron chi connectivity index (χ0n) is 9.90. The summed E-state index contributed by atoms with van der Waals surface area (Å²) in [5, 5.41) is 10.7. The number of hydrogen-bond acceptors (Lipinski definition) is 1. The van der Waals surface area contributed by atoms with E-state index in [-0.39, 0.29) is 5.41 Å². The Kier molecular flexibility index (Phi) is 2.23. The maximum Gasteiger partial charge on any atom is 0.0680 e. The highest BCUT2D eigenvalue weighted by Crippen LogP contribution is 2.63. The third-order valence-corrected chi connectivity index (χ3v) is 5.25. The van der Waals surface area contributed by atoms with Gasteiger partial charge in [0.25, 0.3) is 0 Å². The highest BCUT2D eigenvalue weighted by molar-refractivity contribution is 5.09. The molecule has 2 aliphatic rings. The van der Waals surface area contributed by atoms with Crippen LogP contribution in [0.5, 0.6) is 0 Å². The first-order valence-corrected chi connectivity index (χ1v) is 6.14. The van der Waals surface area contributed by atoms with Crippen LogP contribution in [0.15, 0.2) is 0 Å². The van der Waals surface area contributed by atoms with E-state index in [1.165, 1.54) is 38.5 Å². The highest BCUT2D eigenvalue weighted by Gasteiger charge is 2.58. The van der Waals surface area contributed by atoms with Crippen molar-refractivity contribution in [3.05, 3.63) is 0 Å². The molecule has 82 valence electrons. The molecule has 0 amide bonds. The van der Waals surface area contributed by atoms with E-state index < -0.39 is 5.60 Å². The van der Waals surface area contributed by atoms with E-state index in [1.807, 2.05) is 0 Å². The van der Waals surface area contributed by atoms with E-state index in [1.54, 1.807) is 0 Å². The van der Waals surface area contributed by atoms with Crippen molar-refractivity contribution < 1.29 is 5.11 Å². The van der Waals surface area contributed by atoms with Crippen molar-refractivity contribution in [2.24, 2.45) is 10.8 Å². The van der Waals surface area contributed by atoms with Gasteiger partial charge in [-0.05, 0) is 38.0 Å². The SMILES string of the molecule is CC1(C)CCC[C@]12CCCC[C@]2(C)O. The van der Waals surface area contributed by atoms with Crippen molar-refractivity contribution in [1.29, 1.82) is 0 Å². The summed E-state index contributed by atoms with van der Waals surface area (Å²) in [5.41, 5.74) is 0.153. The van der Waals surface area contributed by atoms with Crippen LogP contribution in [-0.4, -0.2) is 10.7 Å². The third kappa shape index (κ3) is 1.18. The molecule has 0 aromatic carbocycles. The molecule has 1 nitrogen and oxygen atoms in total. The van der Waals surface area contributed by atoms with Crippen LogP contribution in [0.3, 0.4) is 0 Å². The summed E-state index contributed by atoms with van der Waals surface area (Å²) in [6.45, 7) is 6.80. The lowest BCUT2D eigenvalue weighted by atomic mass is 9.53. The molecule has 1 N–H and O–H groups in total. The second-order valence-electron chi connectivity index (χ2n) is 6.30. The summed E-state index contributed by atoms with van der Waals surface area (Å²) in [6.07, 6.45) is 8.63. The average molecular weight is 196 g/mol. The van der Waals surface area contributed by atoms with Crippen molar-refractivity contribution in [1.82, 2.24) is 0 Å². The molecule has 0 unspecified atom stereocenters. The van der Waals surface area contributed by atoms with Crippen LogP contribution in [0.25, 0.3) is 0 Å². The summed E-state index contributed by atoms with van der Waals surface area (Å²) in [5.74, 6) is 0. The van der Waals surface area contributed by atoms with E-state index >= 15 is 0 Å². The summed E-state index contributed by atoms with van der Waals surface area (Å²) in [7, 11) is 0. The monoisotopic (exact) mass is 196 g/mol. The first kappa shape index (κ1) is 10.5. The minimum atomic E-state index is -0.411. The first-order chi connectivity index (χ1) is 6.41. The normalized spacial score (nSPS) is 47.1. The fraction of sp³-hybridized carbons (Fsp3) is 1.00. The van der Waals surface area contributed by atoms with Crippen molar-refractivity contribution >= 4 is 0 Å². The second-order valence-corrected chi connectivity index (χ2v) is 6.30. The van der Waals surface area contributed by atoms with Crippen molar-refractivity contribution in [2.75, 3.05) is 0 Å². The molecule has 2 rings (SSSR count). The van der Waals surface area contributed by atoms with Gasteiger partial charge < -0.3 is 5.11 Å². The summed E-state index contributed by atoms with van der Waals surface area (Å²) in [6, 6.07) is 0. The Balaban J connectivity index is 2.36. The molecule has 1 heteroatoms. The molecule has 2 atom stereocenters. The van der Waals surface area contributed by atoms with E-state index in [2.05, 4.69) is 20.8 Å². The van der Waals surface area contributed by atoms with Crippen LogP contribution in [0.2, 0.25) is 0 Å². The van der Waals surface area contributed by atoms with Crippen LogP contribution in [0.4, 0.5) is 0 Å². The molecule has 0 radical (unpaired) electrons. The molecule has 0 saturated heterocycles. The zero-order chi connectivity index (χ0) is 10.4. The fourth-order valence-electron chi connectivity index (χ4n) is 4.28. The van der Waals surface area contributed by atoms with Gasteiger partial charge in [-0.1, -0.05) is 33.1 Å². The van der Waals surface area contributed by atoms with Gasteiger partial charge in [0.15, 0.2) is 0 Å². The molecule has 2 fully saturated rings. The van der Waals surface area contributed by atoms with Crippen LogP contribution >= 0.6 is 0 Å². The molecule has 2 aliphatic carbocycles. The molecular formula is C13H24O. The van der Waals surface area contributed by atoms with Gasteiger partial charge in [-0.3, -0.25) is 0 Å². The van der Waals surface area contributed by atoms with Crippen LogP contribution < -0.4 is 0 Å². The maximum atomic E-state index is 10.7. The first-order valence-electron chi connectivity index (χ1n) is 6.14. The lowest BCUT2D eigenvalue weighted by molar-refractivity contribution is -0.146. The molecule has 0 aromatic heterocycles. The minimum absolute atomic E-state index is 0.220. The molecule has 0 aliphatic heterocycles. The van der Waals surface area contributed by atoms with Crippen molar-refractivity contribution in [3.63, 3.8) is 0 Å². The summed E-state index contributed by atoms with van der Waals surface area (Å²) in [4.78, 5) is 0. The summed E-state index contributed by atoms with van der Waals surface area (Å²) < 4.78 is 0. The quantitative estimate of drug-likeness (QED) is 0.628. The molecule has 2 saturated carbocycles. The van der Waals surface area contributed by atoms with Gasteiger partial charge >= 0.3 is 0 Å². The Morgan fingerprint density at radius 1 is 0.786 bits per heavy atom. The molecule has 1 spiro atoms. The molecule has 0 heterocycles. The predicted molar refractivity (Wildman–Crippen MR) is 59.2 cm³/mol. The smallest absolute Gasteiger partial charge is 0.0680 e. The van der Waals surface area contributed by atoms with Crippen molar-refractivity contribution in [2.45, 2.75) is 71.3 Å². The molecular weight excluding hydrogens is 172 g/mol. The summed E-state index contributed by atoms with van der Waals surface area (Å²) >= 11 is 0. The van der Waals surface area contributed by atoms with Gasteiger partial charge in [-0.25, -0.2) is 0 Å². The maximum absolute atomic E-state index is 10.7. The molecule has 0 bridgehead atoms. The Morgan fingerprint density at radius 3 is 1.86 bits per heavy atom.